The topological polar surface area (TPSA) is 104 Å². The van der Waals surface area contributed by atoms with E-state index in [2.05, 4.69) is 5.32 Å². The van der Waals surface area contributed by atoms with Gasteiger partial charge in [-0.3, -0.25) is 4.79 Å². The van der Waals surface area contributed by atoms with E-state index in [1.54, 1.807) is 25.3 Å². The molecule has 0 bridgehead atoms. The second-order valence-corrected chi connectivity index (χ2v) is 7.01. The standard InChI is InChI=1S/C24H25NO7/c1-3-16-6-4-7-18(12-16)30-15-22(26)31-19-9-8-17-13-20(24(28)32-21(17)14-19)23(27)25-10-5-11-29-2/h4,6-9,12-14H,3,5,10-11,15H2,1-2H3,(H,25,27). The molecule has 2 aromatic carbocycles. The largest absolute Gasteiger partial charge is 0.482 e. The molecule has 0 aliphatic carbocycles. The van der Waals surface area contributed by atoms with Gasteiger partial charge in [0, 0.05) is 31.7 Å². The van der Waals surface area contributed by atoms with Gasteiger partial charge in [-0.05, 0) is 48.7 Å². The Bertz CT molecular complexity index is 1150. The highest BCUT2D eigenvalue weighted by atomic mass is 16.6. The molecule has 0 unspecified atom stereocenters. The third kappa shape index (κ3) is 6.18. The van der Waals surface area contributed by atoms with E-state index >= 15 is 0 Å². The fourth-order valence-corrected chi connectivity index (χ4v) is 2.99. The van der Waals surface area contributed by atoms with Crippen LogP contribution in [0.5, 0.6) is 11.5 Å². The molecule has 1 N–H and O–H groups in total. The second-order valence-electron chi connectivity index (χ2n) is 7.01. The van der Waals surface area contributed by atoms with Gasteiger partial charge in [-0.25, -0.2) is 9.59 Å². The molecule has 0 spiro atoms. The zero-order valence-corrected chi connectivity index (χ0v) is 18.0. The number of methoxy groups -OCH3 is 1. The summed E-state index contributed by atoms with van der Waals surface area (Å²) < 4.78 is 20.9. The van der Waals surface area contributed by atoms with Gasteiger partial charge in [0.05, 0.1) is 0 Å². The van der Waals surface area contributed by atoms with E-state index in [0.29, 0.717) is 30.7 Å². The van der Waals surface area contributed by atoms with Crippen LogP contribution in [0.4, 0.5) is 0 Å². The van der Waals surface area contributed by atoms with Gasteiger partial charge in [-0.2, -0.15) is 0 Å². The molecule has 0 fully saturated rings. The first-order valence-electron chi connectivity index (χ1n) is 10.3. The average molecular weight is 439 g/mol. The van der Waals surface area contributed by atoms with Gasteiger partial charge in [0.2, 0.25) is 0 Å². The first-order valence-corrected chi connectivity index (χ1v) is 10.3. The lowest BCUT2D eigenvalue weighted by Crippen LogP contribution is -2.29. The fraction of sp³-hybridized carbons (Fsp3) is 0.292. The van der Waals surface area contributed by atoms with E-state index in [0.717, 1.165) is 12.0 Å². The molecule has 8 heteroatoms. The molecule has 1 aromatic heterocycles. The Morgan fingerprint density at radius 1 is 1.06 bits per heavy atom. The first-order chi connectivity index (χ1) is 15.5. The number of benzene rings is 2. The summed E-state index contributed by atoms with van der Waals surface area (Å²) in [5.74, 6) is -0.329. The first kappa shape index (κ1) is 23.0. The normalized spacial score (nSPS) is 10.7. The lowest BCUT2D eigenvalue weighted by atomic mass is 10.1. The molecule has 0 radical (unpaired) electrons. The van der Waals surface area contributed by atoms with Crippen LogP contribution in [0, 0.1) is 0 Å². The van der Waals surface area contributed by atoms with Gasteiger partial charge in [-0.15, -0.1) is 0 Å². The maximum absolute atomic E-state index is 12.2. The predicted molar refractivity (Wildman–Crippen MR) is 118 cm³/mol. The van der Waals surface area contributed by atoms with Gasteiger partial charge < -0.3 is 23.9 Å². The van der Waals surface area contributed by atoms with Crippen molar-refractivity contribution in [1.82, 2.24) is 5.32 Å². The smallest absolute Gasteiger partial charge is 0.349 e. The minimum atomic E-state index is -0.774. The van der Waals surface area contributed by atoms with Gasteiger partial charge in [0.25, 0.3) is 5.91 Å². The van der Waals surface area contributed by atoms with Crippen LogP contribution >= 0.6 is 0 Å². The Morgan fingerprint density at radius 3 is 2.69 bits per heavy atom. The molecule has 8 nitrogen and oxygen atoms in total. The van der Waals surface area contributed by atoms with Crippen LogP contribution < -0.4 is 20.4 Å². The number of hydrogen-bond donors (Lipinski definition) is 1. The van der Waals surface area contributed by atoms with Gasteiger partial charge in [0.1, 0.15) is 22.6 Å². The number of rotatable bonds is 10. The third-order valence-corrected chi connectivity index (χ3v) is 4.66. The lowest BCUT2D eigenvalue weighted by Gasteiger charge is -2.09. The van der Waals surface area contributed by atoms with Crippen molar-refractivity contribution in [2.45, 2.75) is 19.8 Å². The summed E-state index contributed by atoms with van der Waals surface area (Å²) in [7, 11) is 1.57. The highest BCUT2D eigenvalue weighted by Gasteiger charge is 2.14. The molecule has 1 heterocycles. The van der Waals surface area contributed by atoms with Crippen molar-refractivity contribution in [3.63, 3.8) is 0 Å². The summed E-state index contributed by atoms with van der Waals surface area (Å²) in [5, 5.41) is 3.18. The van der Waals surface area contributed by atoms with Crippen LogP contribution in [0.1, 0.15) is 29.3 Å². The summed E-state index contributed by atoms with van der Waals surface area (Å²) in [5.41, 5.74) is 0.433. The number of fused-ring (bicyclic) bond motifs is 1. The molecular formula is C24H25NO7. The Labute approximate surface area is 185 Å². The number of ether oxygens (including phenoxy) is 3. The van der Waals surface area contributed by atoms with E-state index in [-0.39, 0.29) is 23.5 Å². The van der Waals surface area contributed by atoms with E-state index in [1.807, 2.05) is 25.1 Å². The van der Waals surface area contributed by atoms with Gasteiger partial charge in [-0.1, -0.05) is 19.1 Å². The van der Waals surface area contributed by atoms with Crippen LogP contribution in [0.15, 0.2) is 57.7 Å². The number of amides is 1. The molecular weight excluding hydrogens is 414 g/mol. The Balaban J connectivity index is 1.64. The summed E-state index contributed by atoms with van der Waals surface area (Å²) in [6, 6.07) is 13.5. The summed E-state index contributed by atoms with van der Waals surface area (Å²) in [6.45, 7) is 2.65. The quantitative estimate of drug-likeness (QED) is 0.224. The lowest BCUT2D eigenvalue weighted by molar-refractivity contribution is -0.136. The molecule has 0 saturated heterocycles. The van der Waals surface area contributed by atoms with Crippen LogP contribution in [-0.4, -0.2) is 38.7 Å². The van der Waals surface area contributed by atoms with Crippen LogP contribution in [0.3, 0.4) is 0 Å². The Morgan fingerprint density at radius 2 is 1.91 bits per heavy atom. The van der Waals surface area contributed by atoms with Crippen molar-refractivity contribution in [3.05, 3.63) is 70.1 Å². The number of hydrogen-bond acceptors (Lipinski definition) is 7. The average Bonchev–Trinajstić information content (AvgIpc) is 2.80. The van der Waals surface area contributed by atoms with Crippen LogP contribution in [0.25, 0.3) is 11.0 Å². The maximum Gasteiger partial charge on any atom is 0.349 e. The van der Waals surface area contributed by atoms with Gasteiger partial charge >= 0.3 is 11.6 Å². The van der Waals surface area contributed by atoms with E-state index in [1.165, 1.54) is 12.1 Å². The Kier molecular flexibility index (Phi) is 7.99. The second kappa shape index (κ2) is 11.1. The third-order valence-electron chi connectivity index (χ3n) is 4.66. The zero-order valence-electron chi connectivity index (χ0n) is 18.0. The molecule has 3 aromatic rings. The summed E-state index contributed by atoms with van der Waals surface area (Å²) in [6.07, 6.45) is 1.49. The summed E-state index contributed by atoms with van der Waals surface area (Å²) >= 11 is 0. The molecule has 3 rings (SSSR count). The highest BCUT2D eigenvalue weighted by Crippen LogP contribution is 2.21. The molecule has 32 heavy (non-hydrogen) atoms. The molecule has 1 amide bonds. The van der Waals surface area contributed by atoms with Crippen molar-refractivity contribution >= 4 is 22.8 Å². The van der Waals surface area contributed by atoms with Crippen molar-refractivity contribution < 1.29 is 28.2 Å². The zero-order chi connectivity index (χ0) is 22.9. The van der Waals surface area contributed by atoms with E-state index < -0.39 is 17.5 Å². The Hall–Kier alpha value is -3.65. The van der Waals surface area contributed by atoms with E-state index in [9.17, 15) is 14.4 Å². The van der Waals surface area contributed by atoms with Crippen molar-refractivity contribution in [2.75, 3.05) is 26.9 Å². The maximum atomic E-state index is 12.2. The molecule has 0 saturated carbocycles. The minimum absolute atomic E-state index is 0.0950. The molecule has 0 aliphatic rings. The minimum Gasteiger partial charge on any atom is -0.482 e. The molecule has 168 valence electrons. The van der Waals surface area contributed by atoms with Crippen molar-refractivity contribution in [3.8, 4) is 11.5 Å². The van der Waals surface area contributed by atoms with E-state index in [4.69, 9.17) is 18.6 Å². The number of carbonyl (C=O) groups is 2. The molecule has 0 atom stereocenters. The monoisotopic (exact) mass is 439 g/mol. The van der Waals surface area contributed by atoms with Gasteiger partial charge in [0.15, 0.2) is 6.61 Å². The summed E-state index contributed by atoms with van der Waals surface area (Å²) in [4.78, 5) is 36.6. The number of esters is 1. The number of aryl methyl sites for hydroxylation is 1. The number of carbonyl (C=O) groups excluding carboxylic acids is 2. The van der Waals surface area contributed by atoms with Crippen molar-refractivity contribution in [1.29, 1.82) is 0 Å². The fourth-order valence-electron chi connectivity index (χ4n) is 2.99. The predicted octanol–water partition coefficient (Wildman–Crippen LogP) is 3.11. The van der Waals surface area contributed by atoms with Crippen LogP contribution in [-0.2, 0) is 16.0 Å². The number of nitrogens with one attached hydrogen (secondary N) is 1. The van der Waals surface area contributed by atoms with Crippen LogP contribution in [0.2, 0.25) is 0 Å². The molecule has 0 aliphatic heterocycles. The highest BCUT2D eigenvalue weighted by molar-refractivity contribution is 5.96. The van der Waals surface area contributed by atoms with Crippen molar-refractivity contribution in [2.24, 2.45) is 0 Å². The SMILES string of the molecule is CCc1cccc(OCC(=O)Oc2ccc3cc(C(=O)NCCCOC)c(=O)oc3c2)c1.